The maximum absolute atomic E-state index is 12.7. The minimum Gasteiger partial charge on any atom is -0.481 e. The van der Waals surface area contributed by atoms with E-state index in [2.05, 4.69) is 15.0 Å². The molecule has 1 fully saturated rings. The number of halogens is 5. The largest absolute Gasteiger partial charge is 0.573 e. The number of carbonyl (C=O) groups is 2. The van der Waals surface area contributed by atoms with Crippen LogP contribution in [0.5, 0.6) is 5.75 Å². The molecular weight excluding hydrogens is 568 g/mol. The van der Waals surface area contributed by atoms with E-state index < -0.39 is 12.3 Å². The van der Waals surface area contributed by atoms with Crippen LogP contribution in [0.1, 0.15) is 64.8 Å². The van der Waals surface area contributed by atoms with Gasteiger partial charge in [0.2, 0.25) is 0 Å². The summed E-state index contributed by atoms with van der Waals surface area (Å²) in [5, 5.41) is 12.4. The van der Waals surface area contributed by atoms with Gasteiger partial charge in [-0.15, -0.1) is 13.2 Å². The molecule has 3 aromatic carbocycles. The summed E-state index contributed by atoms with van der Waals surface area (Å²) in [5.41, 5.74) is 3.16. The molecule has 1 aliphatic heterocycles. The Labute approximate surface area is 239 Å². The fourth-order valence-corrected chi connectivity index (χ4v) is 5.59. The van der Waals surface area contributed by atoms with Crippen LogP contribution < -0.4 is 10.1 Å². The van der Waals surface area contributed by atoms with Crippen molar-refractivity contribution in [2.75, 3.05) is 13.1 Å². The summed E-state index contributed by atoms with van der Waals surface area (Å²) in [5.74, 6) is -1.58. The van der Waals surface area contributed by atoms with Gasteiger partial charge in [-0.05, 0) is 78.4 Å². The molecule has 0 saturated carbocycles. The van der Waals surface area contributed by atoms with E-state index >= 15 is 0 Å². The number of aliphatic carboxylic acids is 1. The zero-order valence-electron chi connectivity index (χ0n) is 21.4. The number of carboxylic acids is 1. The second-order valence-corrected chi connectivity index (χ2v) is 10.5. The van der Waals surface area contributed by atoms with Crippen LogP contribution in [-0.2, 0) is 4.79 Å². The fourth-order valence-electron chi connectivity index (χ4n) is 5.05. The van der Waals surface area contributed by atoms with E-state index in [1.54, 1.807) is 30.3 Å². The molecule has 40 heavy (non-hydrogen) atoms. The molecule has 6 nitrogen and oxygen atoms in total. The van der Waals surface area contributed by atoms with E-state index in [1.165, 1.54) is 12.1 Å². The molecule has 1 heterocycles. The number of amides is 1. The van der Waals surface area contributed by atoms with Crippen LogP contribution in [0.3, 0.4) is 0 Å². The number of nitrogens with one attached hydrogen (secondary N) is 1. The summed E-state index contributed by atoms with van der Waals surface area (Å²) in [4.78, 5) is 25.3. The number of carbonyl (C=O) groups excluding carboxylic acids is 1. The average molecular weight is 595 g/mol. The van der Waals surface area contributed by atoms with E-state index in [4.69, 9.17) is 28.3 Å². The zero-order chi connectivity index (χ0) is 29.0. The summed E-state index contributed by atoms with van der Waals surface area (Å²) in [6, 6.07) is 18.1. The first-order valence-corrected chi connectivity index (χ1v) is 13.3. The maximum atomic E-state index is 12.7. The number of hydrogen-bond acceptors (Lipinski definition) is 4. The molecule has 11 heteroatoms. The topological polar surface area (TPSA) is 78.9 Å². The Balaban J connectivity index is 1.57. The molecule has 0 aromatic heterocycles. The van der Waals surface area contributed by atoms with Gasteiger partial charge in [0.25, 0.3) is 5.91 Å². The highest BCUT2D eigenvalue weighted by Crippen LogP contribution is 2.46. The summed E-state index contributed by atoms with van der Waals surface area (Å²) in [6.45, 7) is 2.70. The highest BCUT2D eigenvalue weighted by atomic mass is 35.5. The van der Waals surface area contributed by atoms with Crippen LogP contribution in [-0.4, -0.2) is 41.3 Å². The van der Waals surface area contributed by atoms with Crippen LogP contribution in [0, 0.1) is 0 Å². The van der Waals surface area contributed by atoms with Crippen LogP contribution in [0.2, 0.25) is 10.0 Å². The van der Waals surface area contributed by atoms with E-state index in [1.807, 2.05) is 31.2 Å². The number of alkyl halides is 3. The lowest BCUT2D eigenvalue weighted by Crippen LogP contribution is -2.28. The zero-order valence-corrected chi connectivity index (χ0v) is 22.9. The maximum Gasteiger partial charge on any atom is 0.573 e. The van der Waals surface area contributed by atoms with Crippen molar-refractivity contribution in [3.8, 4) is 5.75 Å². The van der Waals surface area contributed by atoms with Gasteiger partial charge < -0.3 is 15.2 Å². The average Bonchev–Trinajstić information content (AvgIpc) is 3.33. The molecule has 1 aliphatic rings. The minimum absolute atomic E-state index is 0.0312. The Kier molecular flexibility index (Phi) is 9.28. The Morgan fingerprint density at radius 2 is 1.65 bits per heavy atom. The van der Waals surface area contributed by atoms with E-state index in [9.17, 15) is 22.8 Å². The SMILES string of the molecule is CC(c1ccc(C(=O)NCCC(=O)O)cc1)N1CC(c2cc(Cl)cc(Cl)c2)CC1c1ccc(OC(F)(F)F)cc1. The highest BCUT2D eigenvalue weighted by molar-refractivity contribution is 6.34. The minimum atomic E-state index is -4.77. The molecule has 0 aliphatic carbocycles. The van der Waals surface area contributed by atoms with E-state index in [-0.39, 0.29) is 42.6 Å². The third kappa shape index (κ3) is 7.68. The van der Waals surface area contributed by atoms with Gasteiger partial charge in [-0.1, -0.05) is 47.5 Å². The Bertz CT molecular complexity index is 1330. The quantitative estimate of drug-likeness (QED) is 0.270. The monoisotopic (exact) mass is 594 g/mol. The normalized spacial score (nSPS) is 18.4. The Morgan fingerprint density at radius 1 is 1.02 bits per heavy atom. The van der Waals surface area contributed by atoms with Crippen LogP contribution in [0.25, 0.3) is 0 Å². The molecule has 3 atom stereocenters. The molecule has 0 radical (unpaired) electrons. The van der Waals surface area contributed by atoms with E-state index in [0.717, 1.165) is 16.7 Å². The molecular formula is C29H27Cl2F3N2O4. The van der Waals surface area contributed by atoms with Crippen LogP contribution in [0.4, 0.5) is 13.2 Å². The lowest BCUT2D eigenvalue weighted by Gasteiger charge is -2.31. The Morgan fingerprint density at radius 3 is 2.23 bits per heavy atom. The van der Waals surface area contributed by atoms with Gasteiger partial charge in [-0.25, -0.2) is 0 Å². The standard InChI is InChI=1S/C29H27Cl2F3N2O4/c1-17(18-2-4-20(5-3-18)28(39)35-11-10-27(37)38)36-16-22(21-12-23(30)15-24(31)13-21)14-26(36)19-6-8-25(9-7-19)40-29(32,33)34/h2-9,12-13,15,17,22,26H,10-11,14,16H2,1H3,(H,35,39)(H,37,38). The third-order valence-electron chi connectivity index (χ3n) is 6.97. The van der Waals surface area contributed by atoms with Crippen molar-refractivity contribution >= 4 is 35.1 Å². The number of ether oxygens (including phenoxy) is 1. The van der Waals surface area contributed by atoms with Crippen LogP contribution >= 0.6 is 23.2 Å². The number of likely N-dealkylation sites (tertiary alicyclic amines) is 1. The van der Waals surface area contributed by atoms with E-state index in [0.29, 0.717) is 28.6 Å². The van der Waals surface area contributed by atoms with Crippen molar-refractivity contribution in [1.82, 2.24) is 10.2 Å². The van der Waals surface area contributed by atoms with Gasteiger partial charge >= 0.3 is 12.3 Å². The predicted molar refractivity (Wildman–Crippen MR) is 146 cm³/mol. The van der Waals surface area contributed by atoms with Crippen molar-refractivity contribution in [3.63, 3.8) is 0 Å². The van der Waals surface area contributed by atoms with Gasteiger partial charge in [0.1, 0.15) is 5.75 Å². The molecule has 3 unspecified atom stereocenters. The summed E-state index contributed by atoms with van der Waals surface area (Å²) >= 11 is 12.5. The molecule has 4 rings (SSSR count). The van der Waals surface area contributed by atoms with Gasteiger partial charge in [0, 0.05) is 40.8 Å². The predicted octanol–water partition coefficient (Wildman–Crippen LogP) is 7.39. The lowest BCUT2D eigenvalue weighted by atomic mass is 9.94. The molecule has 1 amide bonds. The highest BCUT2D eigenvalue weighted by Gasteiger charge is 2.37. The number of carboxylic acid groups (broad SMARTS) is 1. The first-order valence-electron chi connectivity index (χ1n) is 12.6. The summed E-state index contributed by atoms with van der Waals surface area (Å²) in [6.07, 6.45) is -4.25. The van der Waals surface area contributed by atoms with Crippen molar-refractivity contribution in [3.05, 3.63) is 99.0 Å². The summed E-state index contributed by atoms with van der Waals surface area (Å²) in [7, 11) is 0. The molecule has 1 saturated heterocycles. The number of hydrogen-bond donors (Lipinski definition) is 2. The molecule has 212 valence electrons. The smallest absolute Gasteiger partial charge is 0.481 e. The van der Waals surface area contributed by atoms with Crippen LogP contribution in [0.15, 0.2) is 66.7 Å². The van der Waals surface area contributed by atoms with Crippen molar-refractivity contribution in [2.45, 2.75) is 44.1 Å². The van der Waals surface area contributed by atoms with Crippen molar-refractivity contribution in [1.29, 1.82) is 0 Å². The van der Waals surface area contributed by atoms with Gasteiger partial charge in [-0.2, -0.15) is 0 Å². The lowest BCUT2D eigenvalue weighted by molar-refractivity contribution is -0.274. The number of benzene rings is 3. The molecule has 3 aromatic rings. The number of rotatable bonds is 9. The first-order chi connectivity index (χ1) is 18.9. The fraction of sp³-hybridized carbons (Fsp3) is 0.310. The molecule has 0 bridgehead atoms. The second kappa shape index (κ2) is 12.5. The molecule has 2 N–H and O–H groups in total. The van der Waals surface area contributed by atoms with Gasteiger partial charge in [0.15, 0.2) is 0 Å². The van der Waals surface area contributed by atoms with Gasteiger partial charge in [0.05, 0.1) is 6.42 Å². The van der Waals surface area contributed by atoms with Crippen molar-refractivity contribution in [2.24, 2.45) is 0 Å². The Hall–Kier alpha value is -3.27. The van der Waals surface area contributed by atoms with Gasteiger partial charge in [-0.3, -0.25) is 14.5 Å². The third-order valence-corrected chi connectivity index (χ3v) is 7.41. The first kappa shape index (κ1) is 29.7. The second-order valence-electron chi connectivity index (χ2n) is 9.66. The summed E-state index contributed by atoms with van der Waals surface area (Å²) < 4.78 is 42.1. The molecule has 0 spiro atoms. The van der Waals surface area contributed by atoms with Crippen molar-refractivity contribution < 1.29 is 32.6 Å². The number of nitrogens with zero attached hydrogens (tertiary/aromatic N) is 1.